The molecular weight excluding hydrogens is 256 g/mol. The summed E-state index contributed by atoms with van der Waals surface area (Å²) in [6.07, 6.45) is -0.0141. The van der Waals surface area contributed by atoms with E-state index in [2.05, 4.69) is 19.2 Å². The second-order valence-corrected chi connectivity index (χ2v) is 5.08. The predicted octanol–water partition coefficient (Wildman–Crippen LogP) is 2.02. The molecule has 0 saturated heterocycles. The SMILES string of the molecule is COC(CN)CC(=O)Nc1cccc(OCC(C)C)c1. The van der Waals surface area contributed by atoms with Crippen LogP contribution in [0.4, 0.5) is 5.69 Å². The van der Waals surface area contributed by atoms with Gasteiger partial charge in [-0.3, -0.25) is 4.79 Å². The van der Waals surface area contributed by atoms with Gasteiger partial charge in [-0.25, -0.2) is 0 Å². The summed E-state index contributed by atoms with van der Waals surface area (Å²) in [7, 11) is 1.55. The van der Waals surface area contributed by atoms with Gasteiger partial charge in [0.05, 0.1) is 19.1 Å². The molecule has 1 unspecified atom stereocenters. The molecule has 1 aromatic rings. The van der Waals surface area contributed by atoms with E-state index in [1.165, 1.54) is 0 Å². The van der Waals surface area contributed by atoms with Crippen LogP contribution in [0, 0.1) is 5.92 Å². The van der Waals surface area contributed by atoms with Gasteiger partial charge in [0.25, 0.3) is 0 Å². The highest BCUT2D eigenvalue weighted by molar-refractivity contribution is 5.91. The molecule has 0 saturated carbocycles. The van der Waals surface area contributed by atoms with Crippen LogP contribution in [0.5, 0.6) is 5.75 Å². The van der Waals surface area contributed by atoms with Crippen molar-refractivity contribution in [2.75, 3.05) is 25.6 Å². The summed E-state index contributed by atoms with van der Waals surface area (Å²) in [5.74, 6) is 1.09. The minimum atomic E-state index is -0.254. The number of nitrogens with two attached hydrogens (primary N) is 1. The minimum Gasteiger partial charge on any atom is -0.493 e. The molecule has 112 valence electrons. The Hall–Kier alpha value is -1.59. The Bertz CT molecular complexity index is 417. The average molecular weight is 280 g/mol. The molecule has 0 spiro atoms. The van der Waals surface area contributed by atoms with Gasteiger partial charge in [0, 0.05) is 25.4 Å². The number of benzene rings is 1. The molecule has 1 amide bonds. The highest BCUT2D eigenvalue weighted by Gasteiger charge is 2.11. The summed E-state index contributed by atoms with van der Waals surface area (Å²) in [5.41, 5.74) is 6.20. The molecule has 1 rings (SSSR count). The van der Waals surface area contributed by atoms with Gasteiger partial charge >= 0.3 is 0 Å². The third-order valence-corrected chi connectivity index (χ3v) is 2.71. The van der Waals surface area contributed by atoms with Gasteiger partial charge in [-0.2, -0.15) is 0 Å². The van der Waals surface area contributed by atoms with Crippen molar-refractivity contribution in [3.8, 4) is 5.75 Å². The number of carbonyl (C=O) groups excluding carboxylic acids is 1. The lowest BCUT2D eigenvalue weighted by atomic mass is 10.2. The van der Waals surface area contributed by atoms with Gasteiger partial charge in [0.2, 0.25) is 5.91 Å². The number of nitrogens with one attached hydrogen (secondary N) is 1. The summed E-state index contributed by atoms with van der Waals surface area (Å²) in [6.45, 7) is 5.14. The number of hydrogen-bond acceptors (Lipinski definition) is 4. The topological polar surface area (TPSA) is 73.6 Å². The van der Waals surface area contributed by atoms with E-state index < -0.39 is 0 Å². The fourth-order valence-electron chi connectivity index (χ4n) is 1.61. The van der Waals surface area contributed by atoms with E-state index in [-0.39, 0.29) is 18.4 Å². The van der Waals surface area contributed by atoms with Crippen molar-refractivity contribution in [2.45, 2.75) is 26.4 Å². The number of amides is 1. The van der Waals surface area contributed by atoms with Crippen molar-refractivity contribution < 1.29 is 14.3 Å². The molecule has 3 N–H and O–H groups in total. The molecule has 1 atom stereocenters. The molecule has 5 nitrogen and oxygen atoms in total. The third kappa shape index (κ3) is 6.04. The van der Waals surface area contributed by atoms with Crippen LogP contribution in [0.2, 0.25) is 0 Å². The smallest absolute Gasteiger partial charge is 0.227 e. The highest BCUT2D eigenvalue weighted by atomic mass is 16.5. The molecule has 0 aliphatic heterocycles. The first-order valence-corrected chi connectivity index (χ1v) is 6.80. The Balaban J connectivity index is 2.54. The van der Waals surface area contributed by atoms with E-state index in [0.29, 0.717) is 24.8 Å². The lowest BCUT2D eigenvalue weighted by Crippen LogP contribution is -2.28. The van der Waals surface area contributed by atoms with Crippen molar-refractivity contribution in [1.29, 1.82) is 0 Å². The Kier molecular flexibility index (Phi) is 7.04. The van der Waals surface area contributed by atoms with Gasteiger partial charge in [0.15, 0.2) is 0 Å². The zero-order valence-electron chi connectivity index (χ0n) is 12.4. The van der Waals surface area contributed by atoms with E-state index in [1.54, 1.807) is 7.11 Å². The summed E-state index contributed by atoms with van der Waals surface area (Å²) < 4.78 is 10.7. The lowest BCUT2D eigenvalue weighted by Gasteiger charge is -2.13. The minimum absolute atomic E-state index is 0.122. The number of rotatable bonds is 8. The lowest BCUT2D eigenvalue weighted by molar-refractivity contribution is -0.118. The van der Waals surface area contributed by atoms with Crippen molar-refractivity contribution in [1.82, 2.24) is 0 Å². The predicted molar refractivity (Wildman–Crippen MR) is 79.9 cm³/mol. The molecule has 5 heteroatoms. The first kappa shape index (κ1) is 16.5. The second-order valence-electron chi connectivity index (χ2n) is 5.08. The third-order valence-electron chi connectivity index (χ3n) is 2.71. The number of methoxy groups -OCH3 is 1. The Morgan fingerprint density at radius 3 is 2.75 bits per heavy atom. The number of ether oxygens (including phenoxy) is 2. The van der Waals surface area contributed by atoms with Crippen LogP contribution in [0.25, 0.3) is 0 Å². The summed E-state index contributed by atoms with van der Waals surface area (Å²) in [4.78, 5) is 11.8. The maximum absolute atomic E-state index is 11.8. The van der Waals surface area contributed by atoms with E-state index in [4.69, 9.17) is 15.2 Å². The zero-order valence-corrected chi connectivity index (χ0v) is 12.4. The molecule has 0 aliphatic carbocycles. The van der Waals surface area contributed by atoms with Gasteiger partial charge in [0.1, 0.15) is 5.75 Å². The monoisotopic (exact) mass is 280 g/mol. The van der Waals surface area contributed by atoms with Crippen LogP contribution < -0.4 is 15.8 Å². The van der Waals surface area contributed by atoms with E-state index in [1.807, 2.05) is 24.3 Å². The van der Waals surface area contributed by atoms with Crippen molar-refractivity contribution in [3.05, 3.63) is 24.3 Å². The van der Waals surface area contributed by atoms with Crippen LogP contribution in [0.1, 0.15) is 20.3 Å². The van der Waals surface area contributed by atoms with Gasteiger partial charge in [-0.1, -0.05) is 19.9 Å². The molecular formula is C15H24N2O3. The Labute approximate surface area is 120 Å². The summed E-state index contributed by atoms with van der Waals surface area (Å²) in [6, 6.07) is 7.35. The van der Waals surface area contributed by atoms with Crippen LogP contribution in [-0.4, -0.2) is 32.3 Å². The second kappa shape index (κ2) is 8.55. The average Bonchev–Trinajstić information content (AvgIpc) is 2.43. The standard InChI is InChI=1S/C15H24N2O3/c1-11(2)10-20-13-6-4-5-12(7-13)17-15(18)8-14(9-16)19-3/h4-7,11,14H,8-10,16H2,1-3H3,(H,17,18). The fraction of sp³-hybridized carbons (Fsp3) is 0.533. The number of anilines is 1. The Morgan fingerprint density at radius 1 is 1.40 bits per heavy atom. The van der Waals surface area contributed by atoms with Gasteiger partial charge in [-0.15, -0.1) is 0 Å². The molecule has 0 bridgehead atoms. The number of hydrogen-bond donors (Lipinski definition) is 2. The largest absolute Gasteiger partial charge is 0.493 e. The van der Waals surface area contributed by atoms with E-state index in [9.17, 15) is 4.79 Å². The maximum atomic E-state index is 11.8. The van der Waals surface area contributed by atoms with Crippen LogP contribution in [0.15, 0.2) is 24.3 Å². The maximum Gasteiger partial charge on any atom is 0.227 e. The molecule has 0 radical (unpaired) electrons. The molecule has 20 heavy (non-hydrogen) atoms. The number of carbonyl (C=O) groups is 1. The highest BCUT2D eigenvalue weighted by Crippen LogP contribution is 2.18. The first-order valence-electron chi connectivity index (χ1n) is 6.80. The van der Waals surface area contributed by atoms with Crippen molar-refractivity contribution in [2.24, 2.45) is 11.7 Å². The van der Waals surface area contributed by atoms with E-state index >= 15 is 0 Å². The summed E-state index contributed by atoms with van der Waals surface area (Å²) in [5, 5.41) is 2.81. The van der Waals surface area contributed by atoms with Crippen molar-refractivity contribution >= 4 is 11.6 Å². The molecule has 0 aromatic heterocycles. The van der Waals surface area contributed by atoms with Gasteiger partial charge < -0.3 is 20.5 Å². The molecule has 0 heterocycles. The van der Waals surface area contributed by atoms with Crippen molar-refractivity contribution in [3.63, 3.8) is 0 Å². The van der Waals surface area contributed by atoms with Crippen LogP contribution in [-0.2, 0) is 9.53 Å². The quantitative estimate of drug-likeness (QED) is 0.764. The normalized spacial score (nSPS) is 12.2. The van der Waals surface area contributed by atoms with Crippen LogP contribution >= 0.6 is 0 Å². The fourth-order valence-corrected chi connectivity index (χ4v) is 1.61. The molecule has 0 aliphatic rings. The van der Waals surface area contributed by atoms with Gasteiger partial charge in [-0.05, 0) is 18.1 Å². The van der Waals surface area contributed by atoms with Crippen LogP contribution in [0.3, 0.4) is 0 Å². The molecule has 1 aromatic carbocycles. The summed E-state index contributed by atoms with van der Waals surface area (Å²) >= 11 is 0. The first-order chi connectivity index (χ1) is 9.55. The zero-order chi connectivity index (χ0) is 15.0. The Morgan fingerprint density at radius 2 is 2.15 bits per heavy atom. The van der Waals surface area contributed by atoms with E-state index in [0.717, 1.165) is 5.75 Å². The molecule has 0 fully saturated rings.